The maximum atomic E-state index is 13.1. The summed E-state index contributed by atoms with van der Waals surface area (Å²) in [5.74, 6) is 0.307. The van der Waals surface area contributed by atoms with Gasteiger partial charge in [0, 0.05) is 45.1 Å². The number of rotatable bonds is 4. The molecule has 0 aliphatic carbocycles. The van der Waals surface area contributed by atoms with Crippen LogP contribution in [-0.4, -0.2) is 76.4 Å². The second kappa shape index (κ2) is 7.99. The Labute approximate surface area is 172 Å². The first-order valence-corrected chi connectivity index (χ1v) is 10.4. The van der Waals surface area contributed by atoms with Crippen molar-refractivity contribution < 1.29 is 14.4 Å². The lowest BCUT2D eigenvalue weighted by Crippen LogP contribution is -2.58. The molecule has 0 spiro atoms. The van der Waals surface area contributed by atoms with Crippen molar-refractivity contribution in [3.63, 3.8) is 0 Å². The van der Waals surface area contributed by atoms with E-state index >= 15 is 0 Å². The van der Waals surface area contributed by atoms with Crippen molar-refractivity contribution in [2.75, 3.05) is 37.6 Å². The summed E-state index contributed by atoms with van der Waals surface area (Å²) in [5, 5.41) is 2.75. The van der Waals surface area contributed by atoms with Gasteiger partial charge in [-0.05, 0) is 23.9 Å². The fraction of sp³-hybridized carbons (Fsp3) is 0.500. The lowest BCUT2D eigenvalue weighted by atomic mass is 10.1. The molecule has 2 fully saturated rings. The molecular formula is C18H23N7O3S. The average Bonchev–Trinajstić information content (AvgIpc) is 3.15. The van der Waals surface area contributed by atoms with Crippen molar-refractivity contribution in [3.05, 3.63) is 29.1 Å². The third-order valence-electron chi connectivity index (χ3n) is 4.96. The molecule has 4 amide bonds. The fourth-order valence-corrected chi connectivity index (χ4v) is 4.46. The number of hydrogen-bond donors (Lipinski definition) is 2. The minimum absolute atomic E-state index is 0.162. The van der Waals surface area contributed by atoms with Gasteiger partial charge < -0.3 is 15.1 Å². The van der Waals surface area contributed by atoms with Crippen LogP contribution in [0.3, 0.4) is 0 Å². The molecule has 1 unspecified atom stereocenters. The first-order chi connectivity index (χ1) is 14.0. The Morgan fingerprint density at radius 3 is 2.55 bits per heavy atom. The van der Waals surface area contributed by atoms with Gasteiger partial charge >= 0.3 is 6.03 Å². The van der Waals surface area contributed by atoms with Crippen molar-refractivity contribution in [1.82, 2.24) is 29.8 Å². The summed E-state index contributed by atoms with van der Waals surface area (Å²) >= 11 is 1.11. The smallest absolute Gasteiger partial charge is 0.328 e. The van der Waals surface area contributed by atoms with E-state index in [1.165, 1.54) is 4.90 Å². The lowest BCUT2D eigenvalue weighted by molar-refractivity contribution is -0.130. The van der Waals surface area contributed by atoms with E-state index < -0.39 is 12.1 Å². The third-order valence-corrected chi connectivity index (χ3v) is 5.91. The van der Waals surface area contributed by atoms with Gasteiger partial charge in [-0.2, -0.15) is 0 Å². The Kier molecular flexibility index (Phi) is 5.41. The van der Waals surface area contributed by atoms with Gasteiger partial charge in [0.15, 0.2) is 0 Å². The largest absolute Gasteiger partial charge is 0.337 e. The highest BCUT2D eigenvalue weighted by Gasteiger charge is 2.45. The van der Waals surface area contributed by atoms with Gasteiger partial charge in [0.2, 0.25) is 5.95 Å². The highest BCUT2D eigenvalue weighted by molar-refractivity contribution is 8.02. The van der Waals surface area contributed by atoms with E-state index in [9.17, 15) is 14.4 Å². The molecule has 29 heavy (non-hydrogen) atoms. The molecule has 0 aromatic carbocycles. The van der Waals surface area contributed by atoms with E-state index in [1.807, 2.05) is 18.7 Å². The minimum atomic E-state index is -0.700. The van der Waals surface area contributed by atoms with Crippen LogP contribution in [0.1, 0.15) is 13.8 Å². The van der Waals surface area contributed by atoms with E-state index in [2.05, 4.69) is 20.0 Å². The van der Waals surface area contributed by atoms with Gasteiger partial charge in [0.25, 0.3) is 11.8 Å². The number of hydrogen-bond acceptors (Lipinski definition) is 8. The SMILES string of the molecule is CC(C)CN1C(=O)NC2=C(C(=O)N3CCN(c4ncccn4)CC3)SNC2C1=O. The summed E-state index contributed by atoms with van der Waals surface area (Å²) in [6, 6.07) is 0.588. The van der Waals surface area contributed by atoms with E-state index in [0.29, 0.717) is 49.3 Å². The maximum absolute atomic E-state index is 13.1. The van der Waals surface area contributed by atoms with Crippen LogP contribution >= 0.6 is 11.9 Å². The number of aromatic nitrogens is 2. The average molecular weight is 417 g/mol. The van der Waals surface area contributed by atoms with Crippen LogP contribution < -0.4 is 14.9 Å². The summed E-state index contributed by atoms with van der Waals surface area (Å²) < 4.78 is 3.00. The first kappa shape index (κ1) is 19.6. The molecule has 3 aliphatic rings. The zero-order chi connectivity index (χ0) is 20.5. The Hall–Kier alpha value is -2.66. The summed E-state index contributed by atoms with van der Waals surface area (Å²) in [6.07, 6.45) is 3.39. The molecule has 11 heteroatoms. The lowest BCUT2D eigenvalue weighted by Gasteiger charge is -2.35. The van der Waals surface area contributed by atoms with Gasteiger partial charge in [-0.3, -0.25) is 14.5 Å². The van der Waals surface area contributed by atoms with Crippen molar-refractivity contribution in [2.24, 2.45) is 5.92 Å². The van der Waals surface area contributed by atoms with Crippen LogP contribution in [0.15, 0.2) is 29.1 Å². The van der Waals surface area contributed by atoms with Gasteiger partial charge in [-0.15, -0.1) is 0 Å². The highest BCUT2D eigenvalue weighted by atomic mass is 32.2. The molecule has 0 radical (unpaired) electrons. The van der Waals surface area contributed by atoms with Crippen molar-refractivity contribution in [1.29, 1.82) is 0 Å². The fourth-order valence-electron chi connectivity index (χ4n) is 3.51. The van der Waals surface area contributed by atoms with E-state index in [4.69, 9.17) is 0 Å². The molecule has 2 saturated heterocycles. The Balaban J connectivity index is 1.45. The van der Waals surface area contributed by atoms with Crippen molar-refractivity contribution >= 4 is 35.7 Å². The number of imide groups is 1. The van der Waals surface area contributed by atoms with E-state index in [0.717, 1.165) is 11.9 Å². The first-order valence-electron chi connectivity index (χ1n) is 9.56. The molecule has 10 nitrogen and oxygen atoms in total. The predicted molar refractivity (Wildman–Crippen MR) is 107 cm³/mol. The highest BCUT2D eigenvalue weighted by Crippen LogP contribution is 2.32. The third kappa shape index (κ3) is 3.79. The number of piperazine rings is 1. The molecule has 0 bridgehead atoms. The van der Waals surface area contributed by atoms with Crippen LogP contribution in [-0.2, 0) is 9.59 Å². The molecule has 4 heterocycles. The summed E-state index contributed by atoms with van der Waals surface area (Å²) in [4.78, 5) is 52.0. The van der Waals surface area contributed by atoms with Crippen LogP contribution in [0.25, 0.3) is 0 Å². The number of amides is 4. The van der Waals surface area contributed by atoms with Crippen LogP contribution in [0.4, 0.5) is 10.7 Å². The van der Waals surface area contributed by atoms with Crippen LogP contribution in [0, 0.1) is 5.92 Å². The van der Waals surface area contributed by atoms with Gasteiger partial charge in [0.1, 0.15) is 10.9 Å². The van der Waals surface area contributed by atoms with Crippen LogP contribution in [0.2, 0.25) is 0 Å². The van der Waals surface area contributed by atoms with E-state index in [-0.39, 0.29) is 17.7 Å². The molecule has 1 aromatic rings. The number of anilines is 1. The number of urea groups is 1. The van der Waals surface area contributed by atoms with Gasteiger partial charge in [0.05, 0.1) is 5.70 Å². The monoisotopic (exact) mass is 417 g/mol. The number of nitrogens with one attached hydrogen (secondary N) is 2. The molecule has 1 atom stereocenters. The second-order valence-electron chi connectivity index (χ2n) is 7.50. The van der Waals surface area contributed by atoms with Gasteiger partial charge in [-0.1, -0.05) is 13.8 Å². The minimum Gasteiger partial charge on any atom is -0.337 e. The summed E-state index contributed by atoms with van der Waals surface area (Å²) in [6.45, 7) is 6.49. The zero-order valence-electron chi connectivity index (χ0n) is 16.3. The predicted octanol–water partition coefficient (Wildman–Crippen LogP) is 0.165. The molecular weight excluding hydrogens is 394 g/mol. The molecule has 3 aliphatic heterocycles. The second-order valence-corrected chi connectivity index (χ2v) is 8.34. The molecule has 0 saturated carbocycles. The molecule has 2 N–H and O–H groups in total. The van der Waals surface area contributed by atoms with Crippen molar-refractivity contribution in [2.45, 2.75) is 19.9 Å². The summed E-state index contributed by atoms with van der Waals surface area (Å²) in [7, 11) is 0. The van der Waals surface area contributed by atoms with Crippen LogP contribution in [0.5, 0.6) is 0 Å². The zero-order valence-corrected chi connectivity index (χ0v) is 17.1. The Bertz CT molecular complexity index is 852. The molecule has 154 valence electrons. The van der Waals surface area contributed by atoms with Crippen molar-refractivity contribution in [3.8, 4) is 0 Å². The quantitative estimate of drug-likeness (QED) is 0.667. The molecule has 4 rings (SSSR count). The number of nitrogens with zero attached hydrogens (tertiary/aromatic N) is 5. The molecule has 1 aromatic heterocycles. The topological polar surface area (TPSA) is 111 Å². The number of fused-ring (bicyclic) bond motifs is 1. The normalized spacial score (nSPS) is 22.3. The number of carbonyl (C=O) groups excluding carboxylic acids is 3. The Morgan fingerprint density at radius 2 is 1.90 bits per heavy atom. The maximum Gasteiger partial charge on any atom is 0.328 e. The summed E-state index contributed by atoms with van der Waals surface area (Å²) in [5.41, 5.74) is 0.365. The number of carbonyl (C=O) groups is 3. The van der Waals surface area contributed by atoms with E-state index in [1.54, 1.807) is 23.4 Å². The van der Waals surface area contributed by atoms with Gasteiger partial charge in [-0.25, -0.2) is 19.5 Å². The Morgan fingerprint density at radius 1 is 1.21 bits per heavy atom. The standard InChI is InChI=1S/C18H23N7O3S/c1-11(2)10-25-15(26)13-12(21-18(25)28)14(29-22-13)16(27)23-6-8-24(9-7-23)17-19-4-3-5-20-17/h3-5,11,13,22H,6-10H2,1-2H3,(H,21,28).